The smallest absolute Gasteiger partial charge is 0.303 e. The Bertz CT molecular complexity index is 445. The summed E-state index contributed by atoms with van der Waals surface area (Å²) in [6, 6.07) is 3.75. The van der Waals surface area contributed by atoms with E-state index in [-0.39, 0.29) is 12.3 Å². The lowest BCUT2D eigenvalue weighted by atomic mass is 10.1. The molecule has 5 nitrogen and oxygen atoms in total. The minimum atomic E-state index is -0.779. The minimum absolute atomic E-state index is 0.0602. The zero-order valence-electron chi connectivity index (χ0n) is 11.8. The highest BCUT2D eigenvalue weighted by molar-refractivity contribution is 5.67. The molecule has 1 unspecified atom stereocenters. The first-order valence-electron chi connectivity index (χ1n) is 6.16. The summed E-state index contributed by atoms with van der Waals surface area (Å²) >= 11 is 0. The number of carbonyl (C=O) groups is 1. The average molecular weight is 267 g/mol. The van der Waals surface area contributed by atoms with Crippen molar-refractivity contribution in [3.8, 4) is 11.5 Å². The Morgan fingerprint density at radius 3 is 2.42 bits per heavy atom. The molecule has 0 spiro atoms. The van der Waals surface area contributed by atoms with Crippen LogP contribution in [0.2, 0.25) is 0 Å². The van der Waals surface area contributed by atoms with E-state index in [2.05, 4.69) is 5.32 Å². The average Bonchev–Trinajstić information content (AvgIpc) is 2.36. The maximum atomic E-state index is 10.6. The van der Waals surface area contributed by atoms with Crippen LogP contribution >= 0.6 is 0 Å². The predicted octanol–water partition coefficient (Wildman–Crippen LogP) is 2.53. The van der Waals surface area contributed by atoms with Crippen LogP contribution in [0.15, 0.2) is 12.1 Å². The van der Waals surface area contributed by atoms with Gasteiger partial charge in [0.1, 0.15) is 0 Å². The summed E-state index contributed by atoms with van der Waals surface area (Å²) in [7, 11) is 3.18. The van der Waals surface area contributed by atoms with Gasteiger partial charge in [0.05, 0.1) is 14.2 Å². The summed E-state index contributed by atoms with van der Waals surface area (Å²) < 4.78 is 10.5. The van der Waals surface area contributed by atoms with E-state index in [0.717, 1.165) is 11.3 Å². The largest absolute Gasteiger partial charge is 0.493 e. The fraction of sp³-hybridized carbons (Fsp3) is 0.500. The number of hydrogen-bond acceptors (Lipinski definition) is 4. The Kier molecular flexibility index (Phi) is 5.48. The topological polar surface area (TPSA) is 67.8 Å². The Balaban J connectivity index is 2.75. The normalized spacial score (nSPS) is 11.8. The molecule has 1 aromatic carbocycles. The van der Waals surface area contributed by atoms with Gasteiger partial charge < -0.3 is 19.9 Å². The van der Waals surface area contributed by atoms with E-state index in [4.69, 9.17) is 14.6 Å². The molecule has 1 rings (SSSR count). The molecule has 106 valence electrons. The quantitative estimate of drug-likeness (QED) is 0.794. The number of carboxylic acids is 1. The van der Waals surface area contributed by atoms with Gasteiger partial charge in [-0.05, 0) is 24.5 Å². The number of nitrogens with one attached hydrogen (secondary N) is 1. The number of ether oxygens (including phenoxy) is 2. The van der Waals surface area contributed by atoms with Crippen LogP contribution in [0.4, 0.5) is 5.69 Å². The Morgan fingerprint density at radius 1 is 1.32 bits per heavy atom. The van der Waals surface area contributed by atoms with E-state index < -0.39 is 5.97 Å². The number of methoxy groups -OCH3 is 2. The van der Waals surface area contributed by atoms with E-state index in [1.807, 2.05) is 26.0 Å². The van der Waals surface area contributed by atoms with Gasteiger partial charge in [-0.2, -0.15) is 0 Å². The SMILES string of the molecule is COc1cc(C)c(NCC(C)CC(=O)O)cc1OC. The molecule has 1 atom stereocenters. The molecule has 0 saturated heterocycles. The van der Waals surface area contributed by atoms with Gasteiger partial charge in [0.25, 0.3) is 0 Å². The van der Waals surface area contributed by atoms with Gasteiger partial charge >= 0.3 is 5.97 Å². The number of benzene rings is 1. The van der Waals surface area contributed by atoms with Crippen molar-refractivity contribution >= 4 is 11.7 Å². The van der Waals surface area contributed by atoms with Crippen LogP contribution in [-0.2, 0) is 4.79 Å². The van der Waals surface area contributed by atoms with Crippen molar-refractivity contribution in [1.29, 1.82) is 0 Å². The molecule has 0 aliphatic heterocycles. The van der Waals surface area contributed by atoms with E-state index in [1.54, 1.807) is 14.2 Å². The standard InChI is InChI=1S/C14H21NO4/c1-9(5-14(16)17)8-15-11-7-13(19-4)12(18-3)6-10(11)2/h6-7,9,15H,5,8H2,1-4H3,(H,16,17). The third kappa shape index (κ3) is 4.35. The zero-order valence-corrected chi connectivity index (χ0v) is 11.8. The second-order valence-electron chi connectivity index (χ2n) is 4.61. The number of aliphatic carboxylic acids is 1. The van der Waals surface area contributed by atoms with Crippen LogP contribution in [0.1, 0.15) is 18.9 Å². The van der Waals surface area contributed by atoms with Crippen LogP contribution in [0.5, 0.6) is 11.5 Å². The van der Waals surface area contributed by atoms with E-state index in [1.165, 1.54) is 0 Å². The summed E-state index contributed by atoms with van der Waals surface area (Å²) in [6.07, 6.45) is 0.152. The molecule has 0 heterocycles. The van der Waals surface area contributed by atoms with Crippen LogP contribution < -0.4 is 14.8 Å². The monoisotopic (exact) mass is 267 g/mol. The van der Waals surface area contributed by atoms with Crippen LogP contribution in [0.3, 0.4) is 0 Å². The Labute approximate surface area is 113 Å². The molecule has 1 aromatic rings. The molecule has 0 radical (unpaired) electrons. The first kappa shape index (κ1) is 15.1. The molecule has 0 bridgehead atoms. The second-order valence-corrected chi connectivity index (χ2v) is 4.61. The Hall–Kier alpha value is -1.91. The van der Waals surface area contributed by atoms with Gasteiger partial charge in [-0.15, -0.1) is 0 Å². The Morgan fingerprint density at radius 2 is 1.89 bits per heavy atom. The van der Waals surface area contributed by atoms with Crippen molar-refractivity contribution < 1.29 is 19.4 Å². The van der Waals surface area contributed by atoms with Crippen molar-refractivity contribution in [3.63, 3.8) is 0 Å². The van der Waals surface area contributed by atoms with Gasteiger partial charge in [-0.3, -0.25) is 4.79 Å². The number of carboxylic acid groups (broad SMARTS) is 1. The molecule has 5 heteroatoms. The molecule has 0 saturated carbocycles. The van der Waals surface area contributed by atoms with Gasteiger partial charge in [0.15, 0.2) is 11.5 Å². The van der Waals surface area contributed by atoms with Crippen molar-refractivity contribution in [3.05, 3.63) is 17.7 Å². The summed E-state index contributed by atoms with van der Waals surface area (Å²) in [5, 5.41) is 12.0. The summed E-state index contributed by atoms with van der Waals surface area (Å²) in [6.45, 7) is 4.46. The molecule has 19 heavy (non-hydrogen) atoms. The van der Waals surface area contributed by atoms with Gasteiger partial charge in [0.2, 0.25) is 0 Å². The fourth-order valence-corrected chi connectivity index (χ4v) is 1.83. The van der Waals surface area contributed by atoms with Crippen molar-refractivity contribution in [2.45, 2.75) is 20.3 Å². The lowest BCUT2D eigenvalue weighted by Gasteiger charge is -2.16. The molecule has 0 amide bonds. The number of hydrogen-bond donors (Lipinski definition) is 2. The lowest BCUT2D eigenvalue weighted by Crippen LogP contribution is -2.15. The van der Waals surface area contributed by atoms with Crippen LogP contribution in [0, 0.1) is 12.8 Å². The molecule has 0 aliphatic rings. The third-order valence-electron chi connectivity index (χ3n) is 2.89. The maximum absolute atomic E-state index is 10.6. The van der Waals surface area contributed by atoms with Gasteiger partial charge in [-0.1, -0.05) is 6.92 Å². The van der Waals surface area contributed by atoms with Crippen molar-refractivity contribution in [2.24, 2.45) is 5.92 Å². The van der Waals surface area contributed by atoms with Crippen LogP contribution in [0.25, 0.3) is 0 Å². The molecule has 0 fully saturated rings. The maximum Gasteiger partial charge on any atom is 0.303 e. The lowest BCUT2D eigenvalue weighted by molar-refractivity contribution is -0.137. The van der Waals surface area contributed by atoms with Crippen molar-refractivity contribution in [1.82, 2.24) is 0 Å². The second kappa shape index (κ2) is 6.87. The minimum Gasteiger partial charge on any atom is -0.493 e. The fourth-order valence-electron chi connectivity index (χ4n) is 1.83. The van der Waals surface area contributed by atoms with Gasteiger partial charge in [0, 0.05) is 24.7 Å². The third-order valence-corrected chi connectivity index (χ3v) is 2.89. The van der Waals surface area contributed by atoms with E-state index in [9.17, 15) is 4.79 Å². The summed E-state index contributed by atoms with van der Waals surface area (Å²) in [5.74, 6) is 0.619. The molecule has 2 N–H and O–H groups in total. The van der Waals surface area contributed by atoms with Gasteiger partial charge in [-0.25, -0.2) is 0 Å². The number of anilines is 1. The highest BCUT2D eigenvalue weighted by Gasteiger charge is 2.11. The van der Waals surface area contributed by atoms with Crippen molar-refractivity contribution in [2.75, 3.05) is 26.1 Å². The first-order valence-corrected chi connectivity index (χ1v) is 6.16. The number of rotatable bonds is 7. The highest BCUT2D eigenvalue weighted by Crippen LogP contribution is 2.32. The van der Waals surface area contributed by atoms with E-state index in [0.29, 0.717) is 18.0 Å². The summed E-state index contributed by atoms with van der Waals surface area (Å²) in [4.78, 5) is 10.6. The first-order chi connectivity index (χ1) is 8.97. The molecular weight excluding hydrogens is 246 g/mol. The van der Waals surface area contributed by atoms with E-state index >= 15 is 0 Å². The zero-order chi connectivity index (χ0) is 14.4. The number of aryl methyl sites for hydroxylation is 1. The molecule has 0 aromatic heterocycles. The highest BCUT2D eigenvalue weighted by atomic mass is 16.5. The molecule has 0 aliphatic carbocycles. The predicted molar refractivity (Wildman–Crippen MR) is 74.2 cm³/mol. The summed E-state index contributed by atoms with van der Waals surface area (Å²) in [5.41, 5.74) is 1.95. The molecular formula is C14H21NO4. The van der Waals surface area contributed by atoms with Crippen LogP contribution in [-0.4, -0.2) is 31.8 Å².